The topological polar surface area (TPSA) is 20.2 Å². The second kappa shape index (κ2) is 5.24. The van der Waals surface area contributed by atoms with Crippen LogP contribution in [0.25, 0.3) is 0 Å². The Bertz CT molecular complexity index is 494. The molecule has 0 aliphatic rings. The maximum Gasteiger partial charge on any atom is 0.118 e. The van der Waals surface area contributed by atoms with Crippen molar-refractivity contribution in [3.63, 3.8) is 0 Å². The van der Waals surface area contributed by atoms with Crippen LogP contribution < -0.4 is 0 Å². The molecule has 2 rings (SSSR count). The first-order valence-corrected chi connectivity index (χ1v) is 6.07. The molecule has 0 spiro atoms. The van der Waals surface area contributed by atoms with Crippen molar-refractivity contribution in [3.05, 3.63) is 64.7 Å². The third-order valence-corrected chi connectivity index (χ3v) is 3.17. The zero-order valence-corrected chi connectivity index (χ0v) is 10.5. The Morgan fingerprint density at radius 3 is 2.53 bits per heavy atom. The first kappa shape index (κ1) is 12.0. The average Bonchev–Trinajstić information content (AvgIpc) is 2.35. The van der Waals surface area contributed by atoms with Crippen molar-refractivity contribution in [2.75, 3.05) is 0 Å². The predicted molar refractivity (Wildman–Crippen MR) is 71.7 cm³/mol. The lowest BCUT2D eigenvalue weighted by molar-refractivity contribution is 0.466. The summed E-state index contributed by atoms with van der Waals surface area (Å²) in [6.07, 6.45) is 0.788. The monoisotopic (exact) mass is 246 g/mol. The van der Waals surface area contributed by atoms with Gasteiger partial charge in [0.15, 0.2) is 0 Å². The van der Waals surface area contributed by atoms with E-state index in [1.807, 2.05) is 24.3 Å². The third-order valence-electron chi connectivity index (χ3n) is 2.94. The number of phenolic OH excluding ortho intramolecular Hbond substituents is 1. The van der Waals surface area contributed by atoms with Crippen molar-refractivity contribution in [1.82, 2.24) is 0 Å². The molecular formula is C15H15ClO. The molecule has 0 aliphatic carbocycles. The SMILES string of the molecule is CC(Cc1cc(Cl)ccc1O)c1ccccc1. The van der Waals surface area contributed by atoms with Crippen molar-refractivity contribution in [2.45, 2.75) is 19.3 Å². The Labute approximate surface area is 107 Å². The van der Waals surface area contributed by atoms with Gasteiger partial charge in [-0.3, -0.25) is 0 Å². The molecule has 17 heavy (non-hydrogen) atoms. The van der Waals surface area contributed by atoms with E-state index in [0.717, 1.165) is 12.0 Å². The van der Waals surface area contributed by atoms with Gasteiger partial charge in [-0.05, 0) is 41.7 Å². The molecule has 88 valence electrons. The summed E-state index contributed by atoms with van der Waals surface area (Å²) in [6, 6.07) is 15.5. The Hall–Kier alpha value is -1.47. The van der Waals surface area contributed by atoms with Gasteiger partial charge in [0.1, 0.15) is 5.75 Å². The predicted octanol–water partition coefficient (Wildman–Crippen LogP) is 4.39. The number of hydrogen-bond acceptors (Lipinski definition) is 1. The normalized spacial score (nSPS) is 12.4. The van der Waals surface area contributed by atoms with Gasteiger partial charge in [0.25, 0.3) is 0 Å². The number of hydrogen-bond donors (Lipinski definition) is 1. The summed E-state index contributed by atoms with van der Waals surface area (Å²) in [5, 5.41) is 10.4. The molecule has 0 aromatic heterocycles. The molecule has 0 saturated carbocycles. The summed E-state index contributed by atoms with van der Waals surface area (Å²) >= 11 is 5.94. The van der Waals surface area contributed by atoms with Crippen molar-refractivity contribution < 1.29 is 5.11 Å². The molecule has 2 aromatic carbocycles. The summed E-state index contributed by atoms with van der Waals surface area (Å²) in [5.74, 6) is 0.678. The van der Waals surface area contributed by atoms with E-state index in [9.17, 15) is 5.11 Å². The van der Waals surface area contributed by atoms with Crippen LogP contribution in [0.5, 0.6) is 5.75 Å². The van der Waals surface area contributed by atoms with E-state index in [-0.39, 0.29) is 0 Å². The quantitative estimate of drug-likeness (QED) is 0.852. The van der Waals surface area contributed by atoms with Crippen LogP contribution in [-0.2, 0) is 6.42 Å². The van der Waals surface area contributed by atoms with E-state index in [2.05, 4.69) is 19.1 Å². The Balaban J connectivity index is 2.18. The van der Waals surface area contributed by atoms with Gasteiger partial charge in [-0.1, -0.05) is 48.9 Å². The fourth-order valence-corrected chi connectivity index (χ4v) is 2.14. The van der Waals surface area contributed by atoms with Crippen molar-refractivity contribution in [2.24, 2.45) is 0 Å². The van der Waals surface area contributed by atoms with Gasteiger partial charge in [-0.15, -0.1) is 0 Å². The second-order valence-corrected chi connectivity index (χ2v) is 4.73. The zero-order chi connectivity index (χ0) is 12.3. The molecule has 1 atom stereocenters. The Morgan fingerprint density at radius 1 is 1.12 bits per heavy atom. The van der Waals surface area contributed by atoms with Crippen LogP contribution in [0.1, 0.15) is 24.0 Å². The van der Waals surface area contributed by atoms with Crippen LogP contribution in [0.15, 0.2) is 48.5 Å². The Morgan fingerprint density at radius 2 is 1.82 bits per heavy atom. The van der Waals surface area contributed by atoms with Gasteiger partial charge < -0.3 is 5.11 Å². The highest BCUT2D eigenvalue weighted by molar-refractivity contribution is 6.30. The molecule has 1 nitrogen and oxygen atoms in total. The smallest absolute Gasteiger partial charge is 0.118 e. The highest BCUT2D eigenvalue weighted by Gasteiger charge is 2.09. The van der Waals surface area contributed by atoms with Gasteiger partial charge in [-0.25, -0.2) is 0 Å². The van der Waals surface area contributed by atoms with Gasteiger partial charge in [0, 0.05) is 5.02 Å². The minimum atomic E-state index is 0.317. The van der Waals surface area contributed by atoms with Crippen molar-refractivity contribution in [1.29, 1.82) is 0 Å². The fraction of sp³-hybridized carbons (Fsp3) is 0.200. The molecule has 1 unspecified atom stereocenters. The van der Waals surface area contributed by atoms with Crippen LogP contribution in [0, 0.1) is 0 Å². The lowest BCUT2D eigenvalue weighted by Crippen LogP contribution is -1.98. The Kier molecular flexibility index (Phi) is 3.70. The summed E-state index contributed by atoms with van der Waals surface area (Å²) in [5.41, 5.74) is 2.17. The van der Waals surface area contributed by atoms with Gasteiger partial charge in [0.2, 0.25) is 0 Å². The highest BCUT2D eigenvalue weighted by Crippen LogP contribution is 2.27. The van der Waals surface area contributed by atoms with Crippen LogP contribution in [0.4, 0.5) is 0 Å². The molecule has 2 heteroatoms. The van der Waals surface area contributed by atoms with Crippen LogP contribution in [-0.4, -0.2) is 5.11 Å². The van der Waals surface area contributed by atoms with Crippen molar-refractivity contribution >= 4 is 11.6 Å². The molecule has 2 aromatic rings. The lowest BCUT2D eigenvalue weighted by atomic mass is 9.93. The van der Waals surface area contributed by atoms with E-state index >= 15 is 0 Å². The first-order valence-electron chi connectivity index (χ1n) is 5.69. The standard InChI is InChI=1S/C15H15ClO/c1-11(12-5-3-2-4-6-12)9-13-10-14(16)7-8-15(13)17/h2-8,10-11,17H,9H2,1H3. The van der Waals surface area contributed by atoms with Crippen LogP contribution in [0.3, 0.4) is 0 Å². The maximum absolute atomic E-state index is 9.77. The molecule has 0 saturated heterocycles. The van der Waals surface area contributed by atoms with E-state index < -0.39 is 0 Å². The molecular weight excluding hydrogens is 232 g/mol. The summed E-state index contributed by atoms with van der Waals surface area (Å²) in [6.45, 7) is 2.15. The second-order valence-electron chi connectivity index (χ2n) is 4.29. The highest BCUT2D eigenvalue weighted by atomic mass is 35.5. The average molecular weight is 247 g/mol. The van der Waals surface area contributed by atoms with Crippen molar-refractivity contribution in [3.8, 4) is 5.75 Å². The summed E-state index contributed by atoms with van der Waals surface area (Å²) < 4.78 is 0. The molecule has 0 aliphatic heterocycles. The number of benzene rings is 2. The number of rotatable bonds is 3. The minimum Gasteiger partial charge on any atom is -0.508 e. The fourth-order valence-electron chi connectivity index (χ4n) is 1.95. The van der Waals surface area contributed by atoms with Gasteiger partial charge in [-0.2, -0.15) is 0 Å². The number of halogens is 1. The lowest BCUT2D eigenvalue weighted by Gasteiger charge is -2.13. The maximum atomic E-state index is 9.77. The van der Waals surface area contributed by atoms with E-state index in [4.69, 9.17) is 11.6 Å². The summed E-state index contributed by atoms with van der Waals surface area (Å²) in [4.78, 5) is 0. The molecule has 0 fully saturated rings. The van der Waals surface area contributed by atoms with Gasteiger partial charge >= 0.3 is 0 Å². The molecule has 0 radical (unpaired) electrons. The van der Waals surface area contributed by atoms with Gasteiger partial charge in [0.05, 0.1) is 0 Å². The first-order chi connectivity index (χ1) is 8.16. The number of aromatic hydroxyl groups is 1. The van der Waals surface area contributed by atoms with E-state index in [1.54, 1.807) is 12.1 Å². The molecule has 0 amide bonds. The molecule has 0 heterocycles. The third kappa shape index (κ3) is 3.01. The molecule has 0 bridgehead atoms. The summed E-state index contributed by atoms with van der Waals surface area (Å²) in [7, 11) is 0. The minimum absolute atomic E-state index is 0.317. The largest absolute Gasteiger partial charge is 0.508 e. The van der Waals surface area contributed by atoms with E-state index in [0.29, 0.717) is 16.7 Å². The number of phenols is 1. The van der Waals surface area contributed by atoms with E-state index in [1.165, 1.54) is 5.56 Å². The zero-order valence-electron chi connectivity index (χ0n) is 9.73. The van der Waals surface area contributed by atoms with Crippen LogP contribution in [0.2, 0.25) is 5.02 Å². The molecule has 1 N–H and O–H groups in total. The van der Waals surface area contributed by atoms with Crippen LogP contribution >= 0.6 is 11.6 Å².